The maximum atomic E-state index is 12.6. The Morgan fingerprint density at radius 2 is 1.90 bits per heavy atom. The molecule has 0 unspecified atom stereocenters. The van der Waals surface area contributed by atoms with Crippen molar-refractivity contribution in [3.05, 3.63) is 68.5 Å². The van der Waals surface area contributed by atoms with Gasteiger partial charge in [-0.3, -0.25) is 14.5 Å². The lowest BCUT2D eigenvalue weighted by Gasteiger charge is -2.18. The normalized spacial score (nSPS) is 16.1. The van der Waals surface area contributed by atoms with Gasteiger partial charge < -0.3 is 9.47 Å². The molecule has 1 heterocycles. The van der Waals surface area contributed by atoms with Crippen LogP contribution in [0.25, 0.3) is 6.08 Å². The Morgan fingerprint density at radius 1 is 1.20 bits per heavy atom. The van der Waals surface area contributed by atoms with Crippen molar-refractivity contribution in [2.24, 2.45) is 0 Å². The minimum absolute atomic E-state index is 0.246. The van der Waals surface area contributed by atoms with Gasteiger partial charge in [0.05, 0.1) is 16.5 Å². The topological polar surface area (TPSA) is 72.9 Å². The number of thioether (sulfide) groups is 1. The predicted molar refractivity (Wildman–Crippen MR) is 119 cm³/mol. The van der Waals surface area contributed by atoms with E-state index in [1.165, 1.54) is 19.6 Å². The molecule has 30 heavy (non-hydrogen) atoms. The fraction of sp³-hybridized carbons (Fsp3) is 0.227. The van der Waals surface area contributed by atoms with Crippen molar-refractivity contribution >= 4 is 50.9 Å². The standard InChI is InChI=1S/C22H20BrNO5S/c1-13-4-6-15(7-5-13)12-29-18-9-8-16(10-17(18)23)11-19-20(25)24(22(27)30-19)14(2)21(26)28-3/h4-11,14H,12H2,1-3H3/b19-11+/t14-/m0/s1. The van der Waals surface area contributed by atoms with Gasteiger partial charge in [-0.25, -0.2) is 4.79 Å². The summed E-state index contributed by atoms with van der Waals surface area (Å²) in [5.74, 6) is -0.491. The highest BCUT2D eigenvalue weighted by Crippen LogP contribution is 2.35. The second-order valence-electron chi connectivity index (χ2n) is 6.71. The third-order valence-electron chi connectivity index (χ3n) is 4.52. The molecule has 1 aliphatic rings. The molecule has 2 aromatic carbocycles. The van der Waals surface area contributed by atoms with Gasteiger partial charge in [0.25, 0.3) is 11.1 Å². The van der Waals surface area contributed by atoms with E-state index in [0.29, 0.717) is 12.4 Å². The smallest absolute Gasteiger partial charge is 0.328 e. The zero-order valence-electron chi connectivity index (χ0n) is 16.7. The molecule has 0 bridgehead atoms. The number of methoxy groups -OCH3 is 1. The Kier molecular flexibility index (Phi) is 6.99. The molecule has 0 saturated carbocycles. The van der Waals surface area contributed by atoms with E-state index in [1.54, 1.807) is 18.2 Å². The summed E-state index contributed by atoms with van der Waals surface area (Å²) in [6.45, 7) is 3.93. The summed E-state index contributed by atoms with van der Waals surface area (Å²) < 4.78 is 11.2. The van der Waals surface area contributed by atoms with Crippen LogP contribution in [-0.4, -0.2) is 35.2 Å². The van der Waals surface area contributed by atoms with Crippen LogP contribution in [0, 0.1) is 6.92 Å². The first-order valence-corrected chi connectivity index (χ1v) is 10.7. The van der Waals surface area contributed by atoms with Gasteiger partial charge in [0.1, 0.15) is 18.4 Å². The Balaban J connectivity index is 1.72. The number of nitrogens with zero attached hydrogens (tertiary/aromatic N) is 1. The predicted octanol–water partition coefficient (Wildman–Crippen LogP) is 4.93. The van der Waals surface area contributed by atoms with Crippen molar-refractivity contribution in [1.82, 2.24) is 4.90 Å². The first kappa shape index (κ1) is 22.1. The van der Waals surface area contributed by atoms with Crippen LogP contribution in [0.4, 0.5) is 4.79 Å². The highest BCUT2D eigenvalue weighted by Gasteiger charge is 2.41. The maximum Gasteiger partial charge on any atom is 0.328 e. The van der Waals surface area contributed by atoms with Gasteiger partial charge in [-0.05, 0) is 70.9 Å². The van der Waals surface area contributed by atoms with Crippen LogP contribution in [0.2, 0.25) is 0 Å². The van der Waals surface area contributed by atoms with Crippen molar-refractivity contribution in [2.75, 3.05) is 7.11 Å². The highest BCUT2D eigenvalue weighted by molar-refractivity contribution is 9.10. The Bertz CT molecular complexity index is 1020. The summed E-state index contributed by atoms with van der Waals surface area (Å²) in [7, 11) is 1.22. The van der Waals surface area contributed by atoms with Gasteiger partial charge >= 0.3 is 5.97 Å². The third-order valence-corrected chi connectivity index (χ3v) is 6.03. The molecular weight excluding hydrogens is 470 g/mol. The zero-order valence-corrected chi connectivity index (χ0v) is 19.1. The lowest BCUT2D eigenvalue weighted by atomic mass is 10.1. The molecule has 2 amide bonds. The van der Waals surface area contributed by atoms with E-state index in [2.05, 4.69) is 20.7 Å². The first-order valence-electron chi connectivity index (χ1n) is 9.13. The summed E-state index contributed by atoms with van der Waals surface area (Å²) in [5, 5.41) is -0.499. The van der Waals surface area contributed by atoms with Gasteiger partial charge in [0.2, 0.25) is 0 Å². The lowest BCUT2D eigenvalue weighted by molar-refractivity contribution is -0.148. The minimum atomic E-state index is -0.974. The van der Waals surface area contributed by atoms with E-state index in [-0.39, 0.29) is 4.91 Å². The Morgan fingerprint density at radius 3 is 2.53 bits per heavy atom. The molecule has 0 aliphatic carbocycles. The molecule has 2 aromatic rings. The Hall–Kier alpha value is -2.58. The van der Waals surface area contributed by atoms with E-state index >= 15 is 0 Å². The lowest BCUT2D eigenvalue weighted by Crippen LogP contribution is -2.42. The zero-order chi connectivity index (χ0) is 21.8. The number of amides is 2. The summed E-state index contributed by atoms with van der Waals surface area (Å²) in [6, 6.07) is 12.5. The Labute approximate surface area is 187 Å². The van der Waals surface area contributed by atoms with Crippen molar-refractivity contribution in [1.29, 1.82) is 0 Å². The van der Waals surface area contributed by atoms with Gasteiger partial charge in [0, 0.05) is 0 Å². The number of hydrogen-bond acceptors (Lipinski definition) is 6. The molecule has 0 N–H and O–H groups in total. The molecule has 1 aliphatic heterocycles. The number of aryl methyl sites for hydroxylation is 1. The van der Waals surface area contributed by atoms with Gasteiger partial charge in [0.15, 0.2) is 0 Å². The number of rotatable bonds is 6. The van der Waals surface area contributed by atoms with E-state index < -0.39 is 23.2 Å². The number of carbonyl (C=O) groups is 3. The van der Waals surface area contributed by atoms with Crippen molar-refractivity contribution in [3.63, 3.8) is 0 Å². The van der Waals surface area contributed by atoms with Crippen LogP contribution in [-0.2, 0) is 20.9 Å². The maximum absolute atomic E-state index is 12.6. The molecular formula is C22H20BrNO5S. The van der Waals surface area contributed by atoms with Gasteiger partial charge in [-0.1, -0.05) is 35.9 Å². The van der Waals surface area contributed by atoms with Gasteiger partial charge in [-0.15, -0.1) is 0 Å². The number of esters is 1. The molecule has 0 aromatic heterocycles. The average Bonchev–Trinajstić information content (AvgIpc) is 3.00. The third kappa shape index (κ3) is 4.94. The average molecular weight is 490 g/mol. The van der Waals surface area contributed by atoms with E-state index in [9.17, 15) is 14.4 Å². The molecule has 8 heteroatoms. The van der Waals surface area contributed by atoms with Crippen LogP contribution >= 0.6 is 27.7 Å². The highest BCUT2D eigenvalue weighted by atomic mass is 79.9. The fourth-order valence-corrected chi connectivity index (χ4v) is 4.23. The monoisotopic (exact) mass is 489 g/mol. The largest absolute Gasteiger partial charge is 0.488 e. The van der Waals surface area contributed by atoms with E-state index in [4.69, 9.17) is 4.74 Å². The quantitative estimate of drug-likeness (QED) is 0.422. The summed E-state index contributed by atoms with van der Waals surface area (Å²) in [6.07, 6.45) is 1.61. The molecule has 1 fully saturated rings. The number of benzene rings is 2. The summed E-state index contributed by atoms with van der Waals surface area (Å²) in [5.41, 5.74) is 2.97. The van der Waals surface area contributed by atoms with Crippen LogP contribution < -0.4 is 4.74 Å². The van der Waals surface area contributed by atoms with Crippen LogP contribution in [0.5, 0.6) is 5.75 Å². The summed E-state index contributed by atoms with van der Waals surface area (Å²) in [4.78, 5) is 37.6. The SMILES string of the molecule is COC(=O)[C@H](C)N1C(=O)S/C(=C/c2ccc(OCc3ccc(C)cc3)c(Br)c2)C1=O. The van der Waals surface area contributed by atoms with E-state index in [0.717, 1.165) is 32.3 Å². The second kappa shape index (κ2) is 9.49. The van der Waals surface area contributed by atoms with Crippen LogP contribution in [0.3, 0.4) is 0 Å². The molecule has 6 nitrogen and oxygen atoms in total. The molecule has 1 saturated heterocycles. The molecule has 156 valence electrons. The minimum Gasteiger partial charge on any atom is -0.488 e. The van der Waals surface area contributed by atoms with Crippen molar-refractivity contribution in [3.8, 4) is 5.75 Å². The van der Waals surface area contributed by atoms with Crippen molar-refractivity contribution in [2.45, 2.75) is 26.5 Å². The number of ether oxygens (including phenoxy) is 2. The number of halogens is 1. The molecule has 3 rings (SSSR count). The fourth-order valence-electron chi connectivity index (χ4n) is 2.81. The number of hydrogen-bond donors (Lipinski definition) is 0. The molecule has 1 atom stereocenters. The van der Waals surface area contributed by atoms with E-state index in [1.807, 2.05) is 37.3 Å². The summed E-state index contributed by atoms with van der Waals surface area (Å²) >= 11 is 4.28. The van der Waals surface area contributed by atoms with Gasteiger partial charge in [-0.2, -0.15) is 0 Å². The molecule has 0 spiro atoms. The molecule has 0 radical (unpaired) electrons. The second-order valence-corrected chi connectivity index (χ2v) is 8.56. The number of imide groups is 1. The van der Waals surface area contributed by atoms with Crippen LogP contribution in [0.15, 0.2) is 51.8 Å². The first-order chi connectivity index (χ1) is 14.3. The number of carbonyl (C=O) groups excluding carboxylic acids is 3. The van der Waals surface area contributed by atoms with Crippen LogP contribution in [0.1, 0.15) is 23.6 Å². The van der Waals surface area contributed by atoms with Crippen molar-refractivity contribution < 1.29 is 23.9 Å².